The molecular weight excluding hydrogens is 344 g/mol. The lowest BCUT2D eigenvalue weighted by atomic mass is 9.96. The van der Waals surface area contributed by atoms with Gasteiger partial charge in [0.1, 0.15) is 0 Å². The Morgan fingerprint density at radius 3 is 2.07 bits per heavy atom. The molecule has 3 rings (SSSR count). The Morgan fingerprint density at radius 1 is 0.893 bits per heavy atom. The topological polar surface area (TPSA) is 48.0 Å². The van der Waals surface area contributed by atoms with E-state index < -0.39 is 0 Å². The zero-order valence-electron chi connectivity index (χ0n) is 17.2. The highest BCUT2D eigenvalue weighted by Crippen LogP contribution is 2.35. The first kappa shape index (κ1) is 19.9. The number of nitrogens with zero attached hydrogens (tertiary/aromatic N) is 1. The molecule has 3 aromatic rings. The van der Waals surface area contributed by atoms with Crippen molar-refractivity contribution in [2.45, 2.75) is 53.0 Å². The highest BCUT2D eigenvalue weighted by molar-refractivity contribution is 6.02. The van der Waals surface area contributed by atoms with E-state index in [1.165, 1.54) is 16.8 Å². The van der Waals surface area contributed by atoms with Gasteiger partial charge in [0, 0.05) is 23.5 Å². The van der Waals surface area contributed by atoms with E-state index in [2.05, 4.69) is 54.8 Å². The van der Waals surface area contributed by atoms with E-state index in [1.807, 2.05) is 25.1 Å². The normalized spacial score (nSPS) is 11.0. The molecule has 0 fully saturated rings. The number of amides is 1. The van der Waals surface area contributed by atoms with Crippen LogP contribution in [0.3, 0.4) is 0 Å². The Kier molecular flexibility index (Phi) is 6.35. The van der Waals surface area contributed by atoms with Crippen LogP contribution in [0, 0.1) is 6.92 Å². The van der Waals surface area contributed by atoms with Crippen molar-refractivity contribution in [3.8, 4) is 22.3 Å². The number of hydrogen-bond acceptors (Lipinski definition) is 1. The third-order valence-electron chi connectivity index (χ3n) is 5.38. The second-order valence-electron chi connectivity index (χ2n) is 7.34. The highest BCUT2D eigenvalue weighted by atomic mass is 16.1. The summed E-state index contributed by atoms with van der Waals surface area (Å²) in [6.45, 7) is 7.33. The van der Waals surface area contributed by atoms with Crippen LogP contribution in [0.15, 0.2) is 54.6 Å². The molecule has 0 saturated carbocycles. The predicted molar refractivity (Wildman–Crippen MR) is 117 cm³/mol. The molecule has 1 heterocycles. The molecule has 1 aromatic heterocycles. The van der Waals surface area contributed by atoms with Gasteiger partial charge in [-0.15, -0.1) is 0 Å². The molecule has 0 spiro atoms. The Hall–Kier alpha value is -2.81. The second kappa shape index (κ2) is 8.92. The summed E-state index contributed by atoms with van der Waals surface area (Å²) in [4.78, 5) is 12.4. The first-order valence-corrected chi connectivity index (χ1v) is 10.3. The van der Waals surface area contributed by atoms with E-state index in [0.717, 1.165) is 49.0 Å². The molecule has 28 heavy (non-hydrogen) atoms. The zero-order chi connectivity index (χ0) is 20.1. The molecule has 0 aliphatic carbocycles. The van der Waals surface area contributed by atoms with Crippen LogP contribution < -0.4 is 5.73 Å². The van der Waals surface area contributed by atoms with Crippen molar-refractivity contribution in [1.82, 2.24) is 4.57 Å². The fourth-order valence-electron chi connectivity index (χ4n) is 3.99. The largest absolute Gasteiger partial charge is 0.366 e. The van der Waals surface area contributed by atoms with E-state index in [9.17, 15) is 4.79 Å². The third-order valence-corrected chi connectivity index (χ3v) is 5.38. The van der Waals surface area contributed by atoms with Gasteiger partial charge in [0.2, 0.25) is 0 Å². The molecule has 0 aliphatic heterocycles. The van der Waals surface area contributed by atoms with Crippen LogP contribution in [0.25, 0.3) is 22.3 Å². The van der Waals surface area contributed by atoms with Crippen molar-refractivity contribution in [2.24, 2.45) is 5.73 Å². The van der Waals surface area contributed by atoms with Crippen LogP contribution in [0.2, 0.25) is 0 Å². The number of nitrogens with two attached hydrogens (primary N) is 1. The minimum atomic E-state index is -0.341. The maximum atomic E-state index is 12.4. The Labute approximate surface area is 168 Å². The Morgan fingerprint density at radius 2 is 1.50 bits per heavy atom. The van der Waals surface area contributed by atoms with E-state index in [4.69, 9.17) is 5.73 Å². The second-order valence-corrected chi connectivity index (χ2v) is 7.34. The lowest BCUT2D eigenvalue weighted by molar-refractivity contribution is 0.1000. The predicted octanol–water partition coefficient (Wildman–Crippen LogP) is 5.98. The van der Waals surface area contributed by atoms with Crippen LogP contribution in [0.4, 0.5) is 0 Å². The Balaban J connectivity index is 2.12. The van der Waals surface area contributed by atoms with Gasteiger partial charge in [-0.2, -0.15) is 0 Å². The summed E-state index contributed by atoms with van der Waals surface area (Å²) in [6.07, 6.45) is 4.18. The number of carbonyl (C=O) groups excluding carboxylic acids is 1. The van der Waals surface area contributed by atoms with E-state index >= 15 is 0 Å². The van der Waals surface area contributed by atoms with Gasteiger partial charge in [0.05, 0.1) is 5.56 Å². The van der Waals surface area contributed by atoms with E-state index in [1.54, 1.807) is 0 Å². The minimum absolute atomic E-state index is 0.341. The molecule has 146 valence electrons. The van der Waals surface area contributed by atoms with Gasteiger partial charge in [0.25, 0.3) is 5.91 Å². The number of benzene rings is 2. The SMILES string of the molecule is CCCCn1c(C)c(C(N)=O)c(-c2ccc(-c3ccccc3)cc2)c1CCC. The van der Waals surface area contributed by atoms with Gasteiger partial charge in [0.15, 0.2) is 0 Å². The minimum Gasteiger partial charge on any atom is -0.366 e. The first-order valence-electron chi connectivity index (χ1n) is 10.3. The lowest BCUT2D eigenvalue weighted by Gasteiger charge is -2.12. The number of primary amides is 1. The fourth-order valence-corrected chi connectivity index (χ4v) is 3.99. The molecule has 3 heteroatoms. The lowest BCUT2D eigenvalue weighted by Crippen LogP contribution is -2.13. The quantitative estimate of drug-likeness (QED) is 0.518. The van der Waals surface area contributed by atoms with Gasteiger partial charge in [-0.3, -0.25) is 4.79 Å². The molecule has 3 nitrogen and oxygen atoms in total. The monoisotopic (exact) mass is 374 g/mol. The number of unbranched alkanes of at least 4 members (excludes halogenated alkanes) is 1. The smallest absolute Gasteiger partial charge is 0.251 e. The van der Waals surface area contributed by atoms with Gasteiger partial charge in [-0.25, -0.2) is 0 Å². The van der Waals surface area contributed by atoms with E-state index in [-0.39, 0.29) is 5.91 Å². The van der Waals surface area contributed by atoms with Crippen LogP contribution in [-0.2, 0) is 13.0 Å². The Bertz CT molecular complexity index is 937. The molecule has 0 unspecified atom stereocenters. The standard InChI is InChI=1S/C25H30N2O/c1-4-6-17-27-18(3)23(25(26)28)24(22(27)10-5-2)21-15-13-20(14-16-21)19-11-8-7-9-12-19/h7-9,11-16H,4-6,10,17H2,1-3H3,(H2,26,28). The van der Waals surface area contributed by atoms with Gasteiger partial charge < -0.3 is 10.3 Å². The molecule has 2 aromatic carbocycles. The summed E-state index contributed by atoms with van der Waals surface area (Å²) in [5.41, 5.74) is 13.2. The van der Waals surface area contributed by atoms with Crippen molar-refractivity contribution in [2.75, 3.05) is 0 Å². The fraction of sp³-hybridized carbons (Fsp3) is 0.320. The summed E-state index contributed by atoms with van der Waals surface area (Å²) in [5, 5.41) is 0. The summed E-state index contributed by atoms with van der Waals surface area (Å²) in [6, 6.07) is 18.8. The molecule has 2 N–H and O–H groups in total. The summed E-state index contributed by atoms with van der Waals surface area (Å²) in [7, 11) is 0. The zero-order valence-corrected chi connectivity index (χ0v) is 17.2. The molecule has 0 atom stereocenters. The van der Waals surface area contributed by atoms with Crippen LogP contribution in [-0.4, -0.2) is 10.5 Å². The molecule has 0 bridgehead atoms. The highest BCUT2D eigenvalue weighted by Gasteiger charge is 2.24. The van der Waals surface area contributed by atoms with Crippen molar-refractivity contribution in [1.29, 1.82) is 0 Å². The summed E-state index contributed by atoms with van der Waals surface area (Å²) < 4.78 is 2.31. The summed E-state index contributed by atoms with van der Waals surface area (Å²) >= 11 is 0. The summed E-state index contributed by atoms with van der Waals surface area (Å²) in [5.74, 6) is -0.341. The van der Waals surface area contributed by atoms with Crippen molar-refractivity contribution in [3.05, 3.63) is 71.5 Å². The van der Waals surface area contributed by atoms with Crippen LogP contribution in [0.5, 0.6) is 0 Å². The first-order chi connectivity index (χ1) is 13.6. The molecule has 1 amide bonds. The number of rotatable bonds is 8. The molecule has 0 saturated heterocycles. The maximum Gasteiger partial charge on any atom is 0.251 e. The average Bonchev–Trinajstić information content (AvgIpc) is 2.99. The van der Waals surface area contributed by atoms with Crippen molar-refractivity contribution in [3.63, 3.8) is 0 Å². The molecule has 0 radical (unpaired) electrons. The van der Waals surface area contributed by atoms with Crippen molar-refractivity contribution < 1.29 is 4.79 Å². The van der Waals surface area contributed by atoms with Gasteiger partial charge in [-0.05, 0) is 36.5 Å². The third kappa shape index (κ3) is 3.89. The molecule has 0 aliphatic rings. The number of hydrogen-bond donors (Lipinski definition) is 1. The van der Waals surface area contributed by atoms with Crippen LogP contribution in [0.1, 0.15) is 54.9 Å². The maximum absolute atomic E-state index is 12.4. The van der Waals surface area contributed by atoms with Crippen LogP contribution >= 0.6 is 0 Å². The van der Waals surface area contributed by atoms with Gasteiger partial charge in [-0.1, -0.05) is 81.3 Å². The average molecular weight is 375 g/mol. The molecular formula is C25H30N2O. The number of aromatic nitrogens is 1. The van der Waals surface area contributed by atoms with Crippen molar-refractivity contribution >= 4 is 5.91 Å². The number of carbonyl (C=O) groups is 1. The van der Waals surface area contributed by atoms with E-state index in [0.29, 0.717) is 5.56 Å². The van der Waals surface area contributed by atoms with Gasteiger partial charge >= 0.3 is 0 Å².